The largest absolute Gasteiger partial charge is 0.462 e. The maximum absolute atomic E-state index is 12.8. The van der Waals surface area contributed by atoms with Gasteiger partial charge in [0.15, 0.2) is 6.10 Å². The van der Waals surface area contributed by atoms with Crippen LogP contribution in [0.3, 0.4) is 0 Å². The van der Waals surface area contributed by atoms with Gasteiger partial charge >= 0.3 is 11.9 Å². The lowest BCUT2D eigenvalue weighted by Gasteiger charge is -2.18. The van der Waals surface area contributed by atoms with Gasteiger partial charge in [-0.05, 0) is 128 Å². The van der Waals surface area contributed by atoms with E-state index in [1.54, 1.807) is 0 Å². The molecule has 0 bridgehead atoms. The van der Waals surface area contributed by atoms with Crippen LogP contribution in [0.25, 0.3) is 0 Å². The molecule has 0 aliphatic carbocycles. The first-order chi connectivity index (χ1) is 33.6. The average molecular weight is 940 g/mol. The summed E-state index contributed by atoms with van der Waals surface area (Å²) >= 11 is 0. The van der Waals surface area contributed by atoms with Gasteiger partial charge in [0.2, 0.25) is 0 Å². The number of carbonyl (C=O) groups is 2. The lowest BCUT2D eigenvalue weighted by Crippen LogP contribution is -2.30. The molecule has 0 radical (unpaired) electrons. The molecule has 0 amide bonds. The van der Waals surface area contributed by atoms with Crippen molar-refractivity contribution in [2.45, 2.75) is 232 Å². The van der Waals surface area contributed by atoms with E-state index in [1.807, 2.05) is 0 Å². The zero-order chi connectivity index (χ0) is 49.2. The minimum absolute atomic E-state index is 0.0540. The van der Waals surface area contributed by atoms with Gasteiger partial charge < -0.3 is 14.2 Å². The van der Waals surface area contributed by atoms with Gasteiger partial charge in [0.1, 0.15) is 6.61 Å². The van der Waals surface area contributed by atoms with E-state index in [9.17, 15) is 9.59 Å². The first kappa shape index (κ1) is 64.0. The fraction of sp³-hybridized carbons (Fsp3) is 0.619. The van der Waals surface area contributed by atoms with Gasteiger partial charge in [-0.15, -0.1) is 0 Å². The number of rotatable bonds is 49. The highest BCUT2D eigenvalue weighted by molar-refractivity contribution is 5.70. The van der Waals surface area contributed by atoms with Crippen molar-refractivity contribution in [2.24, 2.45) is 0 Å². The number of carbonyl (C=O) groups excluding carboxylic acids is 2. The monoisotopic (exact) mass is 939 g/mol. The van der Waals surface area contributed by atoms with E-state index in [0.717, 1.165) is 141 Å². The Morgan fingerprint density at radius 2 is 0.618 bits per heavy atom. The van der Waals surface area contributed by atoms with Crippen molar-refractivity contribution in [2.75, 3.05) is 19.8 Å². The molecule has 0 N–H and O–H groups in total. The van der Waals surface area contributed by atoms with Crippen LogP contribution in [0, 0.1) is 0 Å². The van der Waals surface area contributed by atoms with Gasteiger partial charge in [-0.3, -0.25) is 9.59 Å². The van der Waals surface area contributed by atoms with Crippen LogP contribution in [0.2, 0.25) is 0 Å². The van der Waals surface area contributed by atoms with Crippen LogP contribution < -0.4 is 0 Å². The normalized spacial score (nSPS) is 13.3. The fourth-order valence-corrected chi connectivity index (χ4v) is 7.15. The van der Waals surface area contributed by atoms with Gasteiger partial charge in [-0.1, -0.05) is 219 Å². The SMILES string of the molecule is CC/C=C\C/C=C\C/C=C\C/C=C\CCCCCCCCC(=O)OCC(COCCCCCCC/C=C\C/C=C\C/C=C\C/C=C\CC)OC(=O)CCCCCCC/C=C\C/C=C\C/C=C\CC. The van der Waals surface area contributed by atoms with Crippen LogP contribution in [-0.2, 0) is 23.8 Å². The first-order valence-corrected chi connectivity index (χ1v) is 27.7. The van der Waals surface area contributed by atoms with Crippen molar-refractivity contribution in [3.8, 4) is 0 Å². The molecule has 1 unspecified atom stereocenters. The Morgan fingerprint density at radius 1 is 0.324 bits per heavy atom. The second-order valence-electron chi connectivity index (χ2n) is 17.7. The predicted octanol–water partition coefficient (Wildman–Crippen LogP) is 19.1. The highest BCUT2D eigenvalue weighted by atomic mass is 16.6. The molecular weight excluding hydrogens is 837 g/mol. The van der Waals surface area contributed by atoms with Gasteiger partial charge in [0.05, 0.1) is 6.61 Å². The minimum atomic E-state index is -0.572. The summed E-state index contributed by atoms with van der Waals surface area (Å²) < 4.78 is 17.4. The molecule has 0 fully saturated rings. The average Bonchev–Trinajstić information content (AvgIpc) is 3.34. The van der Waals surface area contributed by atoms with E-state index in [1.165, 1.54) is 51.4 Å². The summed E-state index contributed by atoms with van der Waals surface area (Å²) in [4.78, 5) is 25.5. The standard InChI is InChI=1S/C63H102O5/c1-4-7-10-13-16-19-22-25-28-30-32-33-36-38-41-44-47-50-53-56-62(64)67-60-61(68-63(65)57-54-51-48-45-42-39-35-27-24-21-18-15-12-9-6-3)59-66-58-55-52-49-46-43-40-37-34-31-29-26-23-20-17-14-11-8-5-2/h7-12,16-21,25-29,32-35,37,61H,4-6,13-15,22-24,30-31,36,38-60H2,1-3H3/b10-7-,11-8-,12-9-,19-16-,20-17-,21-18-,28-25-,29-26-,33-32-,35-27-,37-34-. The molecule has 0 saturated carbocycles. The molecule has 68 heavy (non-hydrogen) atoms. The molecule has 0 heterocycles. The summed E-state index contributed by atoms with van der Waals surface area (Å²) in [5.74, 6) is -0.451. The maximum Gasteiger partial charge on any atom is 0.306 e. The topological polar surface area (TPSA) is 61.8 Å². The van der Waals surface area contributed by atoms with Gasteiger partial charge in [0, 0.05) is 19.4 Å². The van der Waals surface area contributed by atoms with E-state index < -0.39 is 6.10 Å². The minimum Gasteiger partial charge on any atom is -0.462 e. The summed E-state index contributed by atoms with van der Waals surface area (Å²) in [6, 6.07) is 0. The Balaban J connectivity index is 4.39. The molecule has 0 aliphatic rings. The van der Waals surface area contributed by atoms with Crippen LogP contribution in [0.1, 0.15) is 226 Å². The lowest BCUT2D eigenvalue weighted by molar-refractivity contribution is -0.163. The van der Waals surface area contributed by atoms with Gasteiger partial charge in [0.25, 0.3) is 0 Å². The van der Waals surface area contributed by atoms with Crippen molar-refractivity contribution < 1.29 is 23.8 Å². The summed E-state index contributed by atoms with van der Waals surface area (Å²) in [7, 11) is 0. The van der Waals surface area contributed by atoms with E-state index in [0.29, 0.717) is 19.4 Å². The first-order valence-electron chi connectivity index (χ1n) is 27.7. The molecule has 384 valence electrons. The molecule has 0 rings (SSSR count). The Hall–Kier alpha value is -3.96. The summed E-state index contributed by atoms with van der Waals surface area (Å²) in [6.45, 7) is 7.41. The quantitative estimate of drug-likeness (QED) is 0.0345. The van der Waals surface area contributed by atoms with Crippen LogP contribution >= 0.6 is 0 Å². The Kier molecular flexibility index (Phi) is 54.0. The number of allylic oxidation sites excluding steroid dienone is 22. The molecule has 0 aromatic rings. The van der Waals surface area contributed by atoms with Crippen molar-refractivity contribution >= 4 is 11.9 Å². The Labute approximate surface area is 419 Å². The molecule has 0 saturated heterocycles. The molecule has 5 nitrogen and oxygen atoms in total. The second-order valence-corrected chi connectivity index (χ2v) is 17.7. The van der Waals surface area contributed by atoms with Crippen LogP contribution in [0.5, 0.6) is 0 Å². The third-order valence-electron chi connectivity index (χ3n) is 11.2. The lowest BCUT2D eigenvalue weighted by atomic mass is 10.1. The van der Waals surface area contributed by atoms with Gasteiger partial charge in [-0.2, -0.15) is 0 Å². The van der Waals surface area contributed by atoms with Crippen molar-refractivity contribution in [1.82, 2.24) is 0 Å². The number of unbranched alkanes of at least 4 members (excludes halogenated alkanes) is 16. The maximum atomic E-state index is 12.8. The third-order valence-corrected chi connectivity index (χ3v) is 11.2. The Bertz CT molecular complexity index is 1430. The number of ether oxygens (including phenoxy) is 3. The van der Waals surface area contributed by atoms with Crippen molar-refractivity contribution in [3.05, 3.63) is 134 Å². The molecule has 0 aromatic heterocycles. The highest BCUT2D eigenvalue weighted by Gasteiger charge is 2.17. The number of hydrogen-bond acceptors (Lipinski definition) is 5. The zero-order valence-electron chi connectivity index (χ0n) is 44.1. The second kappa shape index (κ2) is 57.4. The summed E-state index contributed by atoms with van der Waals surface area (Å²) in [5.41, 5.74) is 0. The van der Waals surface area contributed by atoms with E-state index in [4.69, 9.17) is 14.2 Å². The van der Waals surface area contributed by atoms with E-state index in [-0.39, 0.29) is 25.2 Å². The molecular formula is C63H102O5. The fourth-order valence-electron chi connectivity index (χ4n) is 7.15. The smallest absolute Gasteiger partial charge is 0.306 e. The summed E-state index contributed by atoms with van der Waals surface area (Å²) in [6.07, 6.45) is 81.8. The molecule has 1 atom stereocenters. The molecule has 5 heteroatoms. The molecule has 0 aromatic carbocycles. The molecule has 0 spiro atoms. The highest BCUT2D eigenvalue weighted by Crippen LogP contribution is 2.13. The number of esters is 2. The van der Waals surface area contributed by atoms with Crippen LogP contribution in [0.15, 0.2) is 134 Å². The van der Waals surface area contributed by atoms with Gasteiger partial charge in [-0.25, -0.2) is 0 Å². The van der Waals surface area contributed by atoms with Crippen molar-refractivity contribution in [3.63, 3.8) is 0 Å². The number of hydrogen-bond donors (Lipinski definition) is 0. The summed E-state index contributed by atoms with van der Waals surface area (Å²) in [5, 5.41) is 0. The van der Waals surface area contributed by atoms with E-state index >= 15 is 0 Å². The van der Waals surface area contributed by atoms with E-state index in [2.05, 4.69) is 154 Å². The predicted molar refractivity (Wildman–Crippen MR) is 297 cm³/mol. The Morgan fingerprint density at radius 3 is 0.985 bits per heavy atom. The zero-order valence-corrected chi connectivity index (χ0v) is 44.1. The van der Waals surface area contributed by atoms with Crippen molar-refractivity contribution in [1.29, 1.82) is 0 Å². The van der Waals surface area contributed by atoms with Crippen LogP contribution in [-0.4, -0.2) is 37.9 Å². The third kappa shape index (κ3) is 54.6. The van der Waals surface area contributed by atoms with Crippen LogP contribution in [0.4, 0.5) is 0 Å². The molecule has 0 aliphatic heterocycles.